The number of furan rings is 1. The minimum Gasteiger partial charge on any atom is -0.460 e. The number of hydrogen-bond donors (Lipinski definition) is 1. The second-order valence-corrected chi connectivity index (χ2v) is 6.44. The first-order valence-electron chi connectivity index (χ1n) is 6.98. The fourth-order valence-electron chi connectivity index (χ4n) is 1.97. The van der Waals surface area contributed by atoms with Gasteiger partial charge in [-0.25, -0.2) is 4.79 Å². The van der Waals surface area contributed by atoms with Crippen molar-refractivity contribution in [2.45, 2.75) is 12.7 Å². The molecule has 0 aliphatic rings. The van der Waals surface area contributed by atoms with Crippen LogP contribution in [0.3, 0.4) is 0 Å². The second kappa shape index (κ2) is 8.21. The van der Waals surface area contributed by atoms with Crippen LogP contribution in [0.1, 0.15) is 23.0 Å². The van der Waals surface area contributed by atoms with Gasteiger partial charge in [0.05, 0.1) is 13.2 Å². The molecule has 0 atom stereocenters. The average Bonchev–Trinajstić information content (AvgIpc) is 2.89. The van der Waals surface area contributed by atoms with Crippen molar-refractivity contribution in [1.82, 2.24) is 0 Å². The quantitative estimate of drug-likeness (QED) is 0.344. The van der Waals surface area contributed by atoms with E-state index in [0.717, 1.165) is 15.4 Å². The Labute approximate surface area is 147 Å². The molecule has 0 saturated heterocycles. The van der Waals surface area contributed by atoms with Gasteiger partial charge in [-0.2, -0.15) is 0 Å². The Balaban J connectivity index is 2.37. The number of carbonyl (C=O) groups is 1. The number of carbonyl (C=O) groups excluding carboxylic acids is 1. The zero-order chi connectivity index (χ0) is 16.8. The molecule has 0 radical (unpaired) electrons. The molecule has 1 aromatic heterocycles. The number of esters is 1. The molecule has 0 saturated carbocycles. The third-order valence-corrected chi connectivity index (χ3v) is 4.31. The van der Waals surface area contributed by atoms with Crippen LogP contribution in [-0.2, 0) is 10.5 Å². The zero-order valence-corrected chi connectivity index (χ0v) is 15.1. The van der Waals surface area contributed by atoms with Gasteiger partial charge in [-0.05, 0) is 25.1 Å². The van der Waals surface area contributed by atoms with Gasteiger partial charge >= 0.3 is 5.97 Å². The number of halogens is 1. The fourth-order valence-corrected chi connectivity index (χ4v) is 3.08. The van der Waals surface area contributed by atoms with Crippen LogP contribution in [0.2, 0.25) is 0 Å². The summed E-state index contributed by atoms with van der Waals surface area (Å²) in [5.41, 5.74) is 7.23. The molecule has 2 aromatic rings. The van der Waals surface area contributed by atoms with Gasteiger partial charge in [-0.15, -0.1) is 6.58 Å². The van der Waals surface area contributed by atoms with Gasteiger partial charge in [0.1, 0.15) is 5.58 Å². The van der Waals surface area contributed by atoms with Gasteiger partial charge in [-0.1, -0.05) is 33.8 Å². The number of rotatable bonds is 6. The summed E-state index contributed by atoms with van der Waals surface area (Å²) in [7, 11) is 0. The van der Waals surface area contributed by atoms with Crippen LogP contribution >= 0.6 is 27.7 Å². The predicted molar refractivity (Wildman–Crippen MR) is 97.9 cm³/mol. The number of nitrogens with two attached hydrogens (primary N) is 1. The Kier molecular flexibility index (Phi) is 6.29. The number of nitrogens with zero attached hydrogens (tertiary/aromatic N) is 1. The molecule has 1 heterocycles. The highest BCUT2D eigenvalue weighted by Crippen LogP contribution is 2.32. The highest BCUT2D eigenvalue weighted by atomic mass is 79.9. The van der Waals surface area contributed by atoms with Gasteiger partial charge in [0.15, 0.2) is 5.17 Å². The summed E-state index contributed by atoms with van der Waals surface area (Å²) in [4.78, 5) is 16.3. The average molecular weight is 397 g/mol. The molecule has 0 spiro atoms. The lowest BCUT2D eigenvalue weighted by Gasteiger charge is -2.03. The summed E-state index contributed by atoms with van der Waals surface area (Å²) in [6.45, 7) is 6.10. The van der Waals surface area contributed by atoms with Crippen molar-refractivity contribution < 1.29 is 13.9 Å². The molecule has 5 nitrogen and oxygen atoms in total. The zero-order valence-electron chi connectivity index (χ0n) is 12.7. The molecule has 1 aromatic carbocycles. The van der Waals surface area contributed by atoms with Crippen molar-refractivity contribution in [3.05, 3.63) is 46.7 Å². The summed E-state index contributed by atoms with van der Waals surface area (Å²) < 4.78 is 11.7. The molecule has 0 unspecified atom stereocenters. The van der Waals surface area contributed by atoms with Crippen molar-refractivity contribution in [2.75, 3.05) is 13.2 Å². The van der Waals surface area contributed by atoms with Gasteiger partial charge < -0.3 is 14.9 Å². The van der Waals surface area contributed by atoms with Crippen molar-refractivity contribution in [3.8, 4) is 0 Å². The van der Waals surface area contributed by atoms with E-state index in [1.165, 1.54) is 11.8 Å². The van der Waals surface area contributed by atoms with Crippen molar-refractivity contribution in [3.63, 3.8) is 0 Å². The van der Waals surface area contributed by atoms with Crippen LogP contribution < -0.4 is 5.73 Å². The topological polar surface area (TPSA) is 77.8 Å². The summed E-state index contributed by atoms with van der Waals surface area (Å²) in [5.74, 6) is 0.199. The number of fused-ring (bicyclic) bond motifs is 1. The van der Waals surface area contributed by atoms with Gasteiger partial charge in [-0.3, -0.25) is 4.99 Å². The van der Waals surface area contributed by atoms with E-state index in [9.17, 15) is 4.79 Å². The van der Waals surface area contributed by atoms with E-state index in [2.05, 4.69) is 27.5 Å². The number of thioether (sulfide) groups is 1. The Morgan fingerprint density at radius 3 is 3.04 bits per heavy atom. The van der Waals surface area contributed by atoms with Gasteiger partial charge in [0.2, 0.25) is 5.76 Å². The molecule has 7 heteroatoms. The van der Waals surface area contributed by atoms with Gasteiger partial charge in [0.25, 0.3) is 0 Å². The van der Waals surface area contributed by atoms with Crippen molar-refractivity contribution in [1.29, 1.82) is 0 Å². The van der Waals surface area contributed by atoms with Crippen molar-refractivity contribution >= 4 is 49.8 Å². The summed E-state index contributed by atoms with van der Waals surface area (Å²) in [6, 6.07) is 5.58. The van der Waals surface area contributed by atoms with Crippen LogP contribution in [0.15, 0.2) is 44.7 Å². The Bertz CT molecular complexity index is 755. The molecule has 2 N–H and O–H groups in total. The van der Waals surface area contributed by atoms with Gasteiger partial charge in [0, 0.05) is 21.2 Å². The van der Waals surface area contributed by atoms with Crippen LogP contribution in [0.4, 0.5) is 0 Å². The first kappa shape index (κ1) is 17.6. The molecule has 23 heavy (non-hydrogen) atoms. The fraction of sp³-hybridized carbons (Fsp3) is 0.250. The SMILES string of the molecule is C=CCN=C(N)SCc1c(C(=O)OCC)oc2ccc(Br)cc12. The first-order valence-corrected chi connectivity index (χ1v) is 8.76. The molecule has 0 aliphatic carbocycles. The summed E-state index contributed by atoms with van der Waals surface area (Å²) in [6.07, 6.45) is 1.67. The lowest BCUT2D eigenvalue weighted by molar-refractivity contribution is 0.0491. The maximum Gasteiger partial charge on any atom is 0.374 e. The van der Waals surface area contributed by atoms with Crippen LogP contribution in [0.5, 0.6) is 0 Å². The van der Waals surface area contributed by atoms with E-state index < -0.39 is 5.97 Å². The number of hydrogen-bond acceptors (Lipinski definition) is 5. The molecule has 0 amide bonds. The van der Waals surface area contributed by atoms with E-state index in [4.69, 9.17) is 14.9 Å². The molecule has 2 rings (SSSR count). The number of amidine groups is 1. The number of ether oxygens (including phenoxy) is 1. The Hall–Kier alpha value is -1.73. The van der Waals surface area contributed by atoms with E-state index in [1.807, 2.05) is 18.2 Å². The van der Waals surface area contributed by atoms with Crippen LogP contribution in [0, 0.1) is 0 Å². The second-order valence-electron chi connectivity index (χ2n) is 4.53. The van der Waals surface area contributed by atoms with E-state index >= 15 is 0 Å². The van der Waals surface area contributed by atoms with Crippen LogP contribution in [-0.4, -0.2) is 24.3 Å². The molecular formula is C16H17BrN2O3S. The predicted octanol–water partition coefficient (Wildman–Crippen LogP) is 4.11. The van der Waals surface area contributed by atoms with Crippen molar-refractivity contribution in [2.24, 2.45) is 10.7 Å². The minimum absolute atomic E-state index is 0.212. The maximum atomic E-state index is 12.1. The molecule has 0 aliphatic heterocycles. The monoisotopic (exact) mass is 396 g/mol. The number of aliphatic imine (C=N–C) groups is 1. The summed E-state index contributed by atoms with van der Waals surface area (Å²) >= 11 is 4.78. The lowest BCUT2D eigenvalue weighted by atomic mass is 10.1. The standard InChI is InChI=1S/C16H17BrN2O3S/c1-3-7-19-16(18)23-9-12-11-8-10(17)5-6-13(11)22-14(12)15(20)21-4-2/h3,5-6,8H,1,4,7,9H2,2H3,(H2,18,19). The third-order valence-electron chi connectivity index (χ3n) is 2.95. The smallest absolute Gasteiger partial charge is 0.374 e. The lowest BCUT2D eigenvalue weighted by Crippen LogP contribution is -2.09. The Morgan fingerprint density at radius 2 is 2.35 bits per heavy atom. The molecule has 0 bridgehead atoms. The molecular weight excluding hydrogens is 380 g/mol. The molecule has 0 fully saturated rings. The van der Waals surface area contributed by atoms with E-state index in [1.54, 1.807) is 13.0 Å². The normalized spacial score (nSPS) is 11.7. The highest BCUT2D eigenvalue weighted by molar-refractivity contribution is 9.10. The van der Waals surface area contributed by atoms with E-state index in [0.29, 0.717) is 23.0 Å². The minimum atomic E-state index is -0.475. The maximum absolute atomic E-state index is 12.1. The first-order chi connectivity index (χ1) is 11.1. The van der Waals surface area contributed by atoms with E-state index in [-0.39, 0.29) is 12.4 Å². The third kappa shape index (κ3) is 4.39. The summed E-state index contributed by atoms with van der Waals surface area (Å²) in [5, 5.41) is 1.29. The highest BCUT2D eigenvalue weighted by Gasteiger charge is 2.22. The Morgan fingerprint density at radius 1 is 1.57 bits per heavy atom. The largest absolute Gasteiger partial charge is 0.460 e. The van der Waals surface area contributed by atoms with Crippen LogP contribution in [0.25, 0.3) is 11.0 Å². The number of benzene rings is 1. The molecule has 122 valence electrons.